The van der Waals surface area contributed by atoms with E-state index >= 15 is 0 Å². The van der Waals surface area contributed by atoms with Crippen molar-refractivity contribution in [2.45, 2.75) is 57.2 Å². The van der Waals surface area contributed by atoms with Gasteiger partial charge in [0.05, 0.1) is 34.5 Å². The van der Waals surface area contributed by atoms with Crippen molar-refractivity contribution >= 4 is 17.3 Å². The van der Waals surface area contributed by atoms with Crippen LogP contribution in [0.4, 0.5) is 0 Å². The molecule has 2 aliphatic carbocycles. The standard InChI is InChI=1S/C36H30O11/c1-12-9-18-23(36-35(46)34(45)29(40)14(3)47-36)15-7-8-17(30(41)26(15)32(43)25(18)20(38)10-12)22-13(2)11-21(39)27-28(22)31(42)16-5-4-6-19(37)24(16)33(27)44/h4-11,14,23,29,34-41,45-46H,1-3H3. The Kier molecular flexibility index (Phi) is 6.81. The molecule has 7 N–H and O–H groups in total. The van der Waals surface area contributed by atoms with E-state index in [1.807, 2.05) is 0 Å². The molecular weight excluding hydrogens is 608 g/mol. The summed E-state index contributed by atoms with van der Waals surface area (Å²) in [5, 5.41) is 76.4. The molecule has 11 heteroatoms. The molecule has 1 saturated heterocycles. The molecule has 47 heavy (non-hydrogen) atoms. The molecule has 1 heterocycles. The Bertz CT molecular complexity index is 2080. The Morgan fingerprint density at radius 1 is 0.596 bits per heavy atom. The van der Waals surface area contributed by atoms with Crippen LogP contribution in [-0.4, -0.2) is 83.6 Å². The molecule has 7 rings (SSSR count). The van der Waals surface area contributed by atoms with Gasteiger partial charge < -0.3 is 40.5 Å². The quantitative estimate of drug-likeness (QED) is 0.150. The van der Waals surface area contributed by atoms with Gasteiger partial charge in [-0.1, -0.05) is 30.3 Å². The van der Waals surface area contributed by atoms with Crippen molar-refractivity contribution < 1.29 is 54.9 Å². The van der Waals surface area contributed by atoms with Gasteiger partial charge in [0.25, 0.3) is 0 Å². The first-order valence-electron chi connectivity index (χ1n) is 15.0. The zero-order chi connectivity index (χ0) is 33.8. The second kappa shape index (κ2) is 10.5. The first-order valence-corrected chi connectivity index (χ1v) is 15.0. The molecule has 0 aromatic heterocycles. The Balaban J connectivity index is 1.49. The number of aryl methyl sites for hydroxylation is 2. The summed E-state index contributed by atoms with van der Waals surface area (Å²) in [6, 6.07) is 11.2. The van der Waals surface area contributed by atoms with Gasteiger partial charge in [-0.25, -0.2) is 0 Å². The van der Waals surface area contributed by atoms with E-state index in [1.54, 1.807) is 19.9 Å². The number of aromatic hydroxyl groups is 4. The fourth-order valence-electron chi connectivity index (χ4n) is 7.43. The first-order chi connectivity index (χ1) is 22.2. The number of carbonyl (C=O) groups is 3. The van der Waals surface area contributed by atoms with Gasteiger partial charge in [0.15, 0.2) is 5.78 Å². The summed E-state index contributed by atoms with van der Waals surface area (Å²) in [6.07, 6.45) is -6.78. The predicted octanol–water partition coefficient (Wildman–Crippen LogP) is 3.11. The molecule has 3 aliphatic rings. The van der Waals surface area contributed by atoms with Crippen LogP contribution < -0.4 is 0 Å². The average molecular weight is 639 g/mol. The Morgan fingerprint density at radius 2 is 1.28 bits per heavy atom. The second-order valence-corrected chi connectivity index (χ2v) is 12.5. The van der Waals surface area contributed by atoms with E-state index in [0.29, 0.717) is 5.56 Å². The third-order valence-corrected chi connectivity index (χ3v) is 9.59. The number of hydrogen-bond donors (Lipinski definition) is 7. The monoisotopic (exact) mass is 638 g/mol. The lowest BCUT2D eigenvalue weighted by atomic mass is 9.70. The summed E-state index contributed by atoms with van der Waals surface area (Å²) in [5.74, 6) is -5.20. The van der Waals surface area contributed by atoms with Gasteiger partial charge in [-0.15, -0.1) is 0 Å². The van der Waals surface area contributed by atoms with E-state index in [4.69, 9.17) is 4.74 Å². The number of ketones is 3. The van der Waals surface area contributed by atoms with E-state index in [0.717, 1.165) is 0 Å². The fourth-order valence-corrected chi connectivity index (χ4v) is 7.43. The Hall–Kier alpha value is -5.07. The van der Waals surface area contributed by atoms with Gasteiger partial charge in [-0.2, -0.15) is 0 Å². The highest BCUT2D eigenvalue weighted by Crippen LogP contribution is 2.51. The topological polar surface area (TPSA) is 202 Å². The van der Waals surface area contributed by atoms with Gasteiger partial charge >= 0.3 is 0 Å². The van der Waals surface area contributed by atoms with Crippen LogP contribution in [0.3, 0.4) is 0 Å². The maximum atomic E-state index is 14.2. The summed E-state index contributed by atoms with van der Waals surface area (Å²) < 4.78 is 6.01. The molecule has 1 fully saturated rings. The van der Waals surface area contributed by atoms with Crippen LogP contribution >= 0.6 is 0 Å². The maximum Gasteiger partial charge on any atom is 0.201 e. The van der Waals surface area contributed by atoms with Gasteiger partial charge in [0.2, 0.25) is 11.6 Å². The van der Waals surface area contributed by atoms with E-state index in [9.17, 15) is 50.1 Å². The lowest BCUT2D eigenvalue weighted by Crippen LogP contribution is -2.58. The summed E-state index contributed by atoms with van der Waals surface area (Å²) in [6.45, 7) is 4.77. The SMILES string of the molecule is Cc1cc(O)c2c(c1)C(C1OC(C)C(O)C(O)C1O)c1ccc(-c3c(C)cc(O)c4c3C(=O)c3cccc(O)c3C4=O)c(O)c1C2=O. The first kappa shape index (κ1) is 30.6. The number of phenolic OH excluding ortho intramolecular Hbond substituents is 4. The Morgan fingerprint density at radius 3 is 2.00 bits per heavy atom. The van der Waals surface area contributed by atoms with Gasteiger partial charge in [-0.3, -0.25) is 14.4 Å². The number of rotatable bonds is 2. The minimum Gasteiger partial charge on any atom is -0.507 e. The normalized spacial score (nSPS) is 24.8. The number of phenols is 4. The molecule has 6 atom stereocenters. The van der Waals surface area contributed by atoms with Crippen LogP contribution in [0.2, 0.25) is 0 Å². The zero-order valence-corrected chi connectivity index (χ0v) is 25.3. The van der Waals surface area contributed by atoms with Crippen LogP contribution in [0.25, 0.3) is 11.1 Å². The number of aliphatic hydroxyl groups is 3. The smallest absolute Gasteiger partial charge is 0.201 e. The van der Waals surface area contributed by atoms with Crippen LogP contribution in [0, 0.1) is 13.8 Å². The number of aliphatic hydroxyl groups excluding tert-OH is 3. The Labute approximate surface area is 267 Å². The van der Waals surface area contributed by atoms with E-state index < -0.39 is 71.0 Å². The van der Waals surface area contributed by atoms with Crippen LogP contribution in [0.1, 0.15) is 82.9 Å². The van der Waals surface area contributed by atoms with Crippen molar-refractivity contribution in [3.63, 3.8) is 0 Å². The highest BCUT2D eigenvalue weighted by atomic mass is 16.5. The van der Waals surface area contributed by atoms with E-state index in [-0.39, 0.29) is 66.9 Å². The van der Waals surface area contributed by atoms with Gasteiger partial charge in [0.1, 0.15) is 41.3 Å². The number of fused-ring (bicyclic) bond motifs is 4. The third kappa shape index (κ3) is 4.17. The largest absolute Gasteiger partial charge is 0.507 e. The summed E-state index contributed by atoms with van der Waals surface area (Å²) in [5.41, 5.74) is -0.0114. The molecular formula is C36H30O11. The van der Waals surface area contributed by atoms with E-state index in [1.165, 1.54) is 49.4 Å². The molecule has 4 aromatic carbocycles. The lowest BCUT2D eigenvalue weighted by Gasteiger charge is -2.44. The summed E-state index contributed by atoms with van der Waals surface area (Å²) in [7, 11) is 0. The highest BCUT2D eigenvalue weighted by molar-refractivity contribution is 6.32. The third-order valence-electron chi connectivity index (χ3n) is 9.59. The van der Waals surface area contributed by atoms with Crippen molar-refractivity contribution in [2.24, 2.45) is 0 Å². The molecule has 4 aromatic rings. The minimum absolute atomic E-state index is 0.0293. The molecule has 0 bridgehead atoms. The van der Waals surface area contributed by atoms with Crippen LogP contribution in [0.15, 0.2) is 48.5 Å². The van der Waals surface area contributed by atoms with Crippen molar-refractivity contribution in [2.75, 3.05) is 0 Å². The average Bonchev–Trinajstić information content (AvgIpc) is 3.01. The zero-order valence-electron chi connectivity index (χ0n) is 25.3. The molecule has 0 radical (unpaired) electrons. The lowest BCUT2D eigenvalue weighted by molar-refractivity contribution is -0.220. The van der Waals surface area contributed by atoms with E-state index in [2.05, 4.69) is 0 Å². The number of hydrogen-bond acceptors (Lipinski definition) is 11. The van der Waals surface area contributed by atoms with Crippen LogP contribution in [0.5, 0.6) is 23.0 Å². The number of benzene rings is 4. The van der Waals surface area contributed by atoms with Crippen molar-refractivity contribution in [3.05, 3.63) is 104 Å². The molecule has 240 valence electrons. The van der Waals surface area contributed by atoms with Gasteiger partial charge in [-0.05, 0) is 61.2 Å². The second-order valence-electron chi connectivity index (χ2n) is 12.5. The molecule has 1 aliphatic heterocycles. The number of ether oxygens (including phenoxy) is 1. The molecule has 6 unspecified atom stereocenters. The summed E-state index contributed by atoms with van der Waals surface area (Å²) in [4.78, 5) is 41.7. The van der Waals surface area contributed by atoms with Gasteiger partial charge in [0, 0.05) is 28.2 Å². The van der Waals surface area contributed by atoms with Crippen LogP contribution in [-0.2, 0) is 4.74 Å². The molecule has 0 saturated carbocycles. The molecule has 11 nitrogen and oxygen atoms in total. The van der Waals surface area contributed by atoms with Crippen molar-refractivity contribution in [3.8, 4) is 34.1 Å². The van der Waals surface area contributed by atoms with Crippen molar-refractivity contribution in [1.29, 1.82) is 0 Å². The number of carbonyl (C=O) groups excluding carboxylic acids is 3. The summed E-state index contributed by atoms with van der Waals surface area (Å²) >= 11 is 0. The predicted molar refractivity (Wildman–Crippen MR) is 165 cm³/mol. The highest BCUT2D eigenvalue weighted by Gasteiger charge is 2.50. The van der Waals surface area contributed by atoms with Crippen molar-refractivity contribution in [1.82, 2.24) is 0 Å². The maximum absolute atomic E-state index is 14.2. The minimum atomic E-state index is -1.63. The molecule has 0 amide bonds. The molecule has 0 spiro atoms. The fraction of sp³-hybridized carbons (Fsp3) is 0.250.